The van der Waals surface area contributed by atoms with Gasteiger partial charge in [-0.2, -0.15) is 0 Å². The molecule has 8 heteroatoms. The maximum atomic E-state index is 15.2. The summed E-state index contributed by atoms with van der Waals surface area (Å²) >= 11 is 1.33. The molecule has 30 heavy (non-hydrogen) atoms. The van der Waals surface area contributed by atoms with Crippen molar-refractivity contribution in [1.29, 1.82) is 0 Å². The van der Waals surface area contributed by atoms with Crippen LogP contribution in [0.4, 0.5) is 19.7 Å². The smallest absolute Gasteiger partial charge is 0.280 e. The first-order valence-corrected chi connectivity index (χ1v) is 10.8. The van der Waals surface area contributed by atoms with Crippen LogP contribution in [-0.4, -0.2) is 47.0 Å². The molecule has 1 aliphatic heterocycles. The quantitative estimate of drug-likeness (QED) is 0.637. The Morgan fingerprint density at radius 3 is 2.57 bits per heavy atom. The van der Waals surface area contributed by atoms with Gasteiger partial charge in [0.05, 0.1) is 18.3 Å². The second-order valence-corrected chi connectivity index (χ2v) is 8.58. The Morgan fingerprint density at radius 1 is 1.13 bits per heavy atom. The first kappa shape index (κ1) is 20.7. The maximum Gasteiger partial charge on any atom is 0.280 e. The molecule has 158 valence electrons. The summed E-state index contributed by atoms with van der Waals surface area (Å²) < 4.78 is 30.4. The monoisotopic (exact) mass is 429 g/mol. The summed E-state index contributed by atoms with van der Waals surface area (Å²) in [5.41, 5.74) is 8.05. The van der Waals surface area contributed by atoms with E-state index >= 15 is 8.78 Å². The second kappa shape index (κ2) is 8.28. The molecule has 0 bridgehead atoms. The molecule has 0 spiro atoms. The van der Waals surface area contributed by atoms with Crippen LogP contribution in [-0.2, 0) is 0 Å². The molecule has 4 rings (SSSR count). The van der Waals surface area contributed by atoms with Gasteiger partial charge in [-0.3, -0.25) is 4.90 Å². The number of halogens is 2. The zero-order valence-electron chi connectivity index (χ0n) is 17.0. The van der Waals surface area contributed by atoms with Crippen molar-refractivity contribution >= 4 is 22.3 Å². The lowest BCUT2D eigenvalue weighted by atomic mass is 9.96. The minimum Gasteiger partial charge on any atom is -0.375 e. The van der Waals surface area contributed by atoms with Crippen LogP contribution < -0.4 is 10.6 Å². The molecular weight excluding hydrogens is 404 g/mol. The van der Waals surface area contributed by atoms with E-state index in [0.29, 0.717) is 35.3 Å². The molecule has 0 amide bonds. The second-order valence-electron chi connectivity index (χ2n) is 7.69. The fourth-order valence-corrected chi connectivity index (χ4v) is 4.57. The minimum absolute atomic E-state index is 0.0924. The molecule has 1 aromatic carbocycles. The van der Waals surface area contributed by atoms with Gasteiger partial charge in [0.2, 0.25) is 0 Å². The molecule has 0 unspecified atom stereocenters. The molecule has 2 atom stereocenters. The van der Waals surface area contributed by atoms with Crippen molar-refractivity contribution < 1.29 is 8.78 Å². The molecule has 5 nitrogen and oxygen atoms in total. The third kappa shape index (κ3) is 4.15. The Morgan fingerprint density at radius 2 is 1.90 bits per heavy atom. The van der Waals surface area contributed by atoms with E-state index in [1.54, 1.807) is 22.9 Å². The highest BCUT2D eigenvalue weighted by atomic mass is 32.1. The average Bonchev–Trinajstić information content (AvgIpc) is 3.19. The van der Waals surface area contributed by atoms with Crippen LogP contribution in [0.25, 0.3) is 11.4 Å². The van der Waals surface area contributed by atoms with Crippen LogP contribution in [0.15, 0.2) is 53.9 Å². The van der Waals surface area contributed by atoms with Crippen LogP contribution in [0, 0.1) is 0 Å². The number of rotatable bonds is 5. The molecule has 3 aromatic rings. The highest BCUT2D eigenvalue weighted by Gasteiger charge is 2.47. The number of pyridine rings is 1. The van der Waals surface area contributed by atoms with Crippen LogP contribution in [0.3, 0.4) is 0 Å². The third-order valence-corrected chi connectivity index (χ3v) is 6.46. The van der Waals surface area contributed by atoms with Crippen molar-refractivity contribution in [2.24, 2.45) is 0 Å². The van der Waals surface area contributed by atoms with Gasteiger partial charge in [0, 0.05) is 18.0 Å². The van der Waals surface area contributed by atoms with Gasteiger partial charge in [0.15, 0.2) is 5.13 Å². The standard InChI is InChI=1S/C22H25F2N5S/c1-15(16-7-4-3-5-8-16)28(2)19-11-12-29(14-22(19,23)24)20-10-6-9-17(26-20)18-13-30-21(25)27-18/h3-10,13,15,19H,11-12,14H2,1-2H3,(H2,25,27)/t15-,19-/m1/s1. The SMILES string of the molecule is C[C@H](c1ccccc1)N(C)[C@@H]1CCN(c2cccc(-c3csc(N)n3)n2)CC1(F)F. The zero-order valence-corrected chi connectivity index (χ0v) is 17.8. The van der Waals surface area contributed by atoms with Crippen LogP contribution >= 0.6 is 11.3 Å². The number of anilines is 2. The molecule has 2 N–H and O–H groups in total. The van der Waals surface area contributed by atoms with Crippen molar-refractivity contribution in [3.8, 4) is 11.4 Å². The van der Waals surface area contributed by atoms with Crippen molar-refractivity contribution in [3.05, 3.63) is 59.5 Å². The predicted octanol–water partition coefficient (Wildman–Crippen LogP) is 4.69. The Balaban J connectivity index is 1.50. The van der Waals surface area contributed by atoms with Crippen molar-refractivity contribution in [2.45, 2.75) is 31.4 Å². The van der Waals surface area contributed by atoms with Crippen LogP contribution in [0.5, 0.6) is 0 Å². The number of aromatic nitrogens is 2. The maximum absolute atomic E-state index is 15.2. The number of benzene rings is 1. The first-order chi connectivity index (χ1) is 14.3. The van der Waals surface area contributed by atoms with E-state index in [2.05, 4.69) is 9.97 Å². The highest BCUT2D eigenvalue weighted by molar-refractivity contribution is 7.13. The van der Waals surface area contributed by atoms with Crippen LogP contribution in [0.1, 0.15) is 24.9 Å². The number of thiazole rings is 1. The molecule has 0 aliphatic carbocycles. The molecule has 1 aliphatic rings. The minimum atomic E-state index is -2.86. The highest BCUT2D eigenvalue weighted by Crippen LogP contribution is 2.36. The fourth-order valence-electron chi connectivity index (χ4n) is 4.01. The Bertz CT molecular complexity index is 994. The topological polar surface area (TPSA) is 58.3 Å². The largest absolute Gasteiger partial charge is 0.375 e. The van der Waals surface area contributed by atoms with Gasteiger partial charge in [0.1, 0.15) is 11.5 Å². The van der Waals surface area contributed by atoms with Gasteiger partial charge in [-0.05, 0) is 38.1 Å². The first-order valence-electron chi connectivity index (χ1n) is 9.93. The summed E-state index contributed by atoms with van der Waals surface area (Å²) in [6.07, 6.45) is 0.357. The molecular formula is C22H25F2N5S. The Kier molecular flexibility index (Phi) is 5.71. The molecule has 3 heterocycles. The summed E-state index contributed by atoms with van der Waals surface area (Å²) in [6, 6.07) is 14.3. The lowest BCUT2D eigenvalue weighted by Crippen LogP contribution is -2.58. The molecule has 0 saturated carbocycles. The average molecular weight is 430 g/mol. The van der Waals surface area contributed by atoms with Crippen molar-refractivity contribution in [2.75, 3.05) is 30.8 Å². The van der Waals surface area contributed by atoms with Gasteiger partial charge < -0.3 is 10.6 Å². The number of nitrogen functional groups attached to an aromatic ring is 1. The number of piperidine rings is 1. The number of nitrogens with two attached hydrogens (primary N) is 1. The number of alkyl halides is 2. The zero-order chi connectivity index (χ0) is 21.3. The van der Waals surface area contributed by atoms with Crippen molar-refractivity contribution in [3.63, 3.8) is 0 Å². The van der Waals surface area contributed by atoms with E-state index in [4.69, 9.17) is 5.73 Å². The third-order valence-electron chi connectivity index (χ3n) is 5.79. The lowest BCUT2D eigenvalue weighted by Gasteiger charge is -2.44. The molecule has 1 fully saturated rings. The normalized spacial score (nSPS) is 19.8. The summed E-state index contributed by atoms with van der Waals surface area (Å²) in [7, 11) is 1.79. The van der Waals surface area contributed by atoms with Gasteiger partial charge in [-0.1, -0.05) is 36.4 Å². The van der Waals surface area contributed by atoms with E-state index in [1.807, 2.05) is 54.8 Å². The van der Waals surface area contributed by atoms with Gasteiger partial charge in [0.25, 0.3) is 5.92 Å². The molecule has 2 aromatic heterocycles. The van der Waals surface area contributed by atoms with Gasteiger partial charge in [-0.25, -0.2) is 18.7 Å². The van der Waals surface area contributed by atoms with E-state index in [0.717, 1.165) is 5.56 Å². The number of hydrogen-bond donors (Lipinski definition) is 1. The van der Waals surface area contributed by atoms with Gasteiger partial charge in [-0.15, -0.1) is 11.3 Å². The number of hydrogen-bond acceptors (Lipinski definition) is 6. The van der Waals surface area contributed by atoms with Crippen LogP contribution in [0.2, 0.25) is 0 Å². The van der Waals surface area contributed by atoms with E-state index < -0.39 is 12.0 Å². The summed E-state index contributed by atoms with van der Waals surface area (Å²) in [5, 5.41) is 2.28. The Hall–Kier alpha value is -2.58. The van der Waals surface area contributed by atoms with E-state index in [-0.39, 0.29) is 12.6 Å². The molecule has 0 radical (unpaired) electrons. The number of nitrogens with zero attached hydrogens (tertiary/aromatic N) is 4. The van der Waals surface area contributed by atoms with E-state index in [1.165, 1.54) is 11.3 Å². The van der Waals surface area contributed by atoms with Gasteiger partial charge >= 0.3 is 0 Å². The molecule has 1 saturated heterocycles. The van der Waals surface area contributed by atoms with E-state index in [9.17, 15) is 0 Å². The summed E-state index contributed by atoms with van der Waals surface area (Å²) in [5.74, 6) is -2.32. The summed E-state index contributed by atoms with van der Waals surface area (Å²) in [4.78, 5) is 12.3. The predicted molar refractivity (Wildman–Crippen MR) is 118 cm³/mol. The lowest BCUT2D eigenvalue weighted by molar-refractivity contribution is -0.0907. The Labute approximate surface area is 179 Å². The van der Waals surface area contributed by atoms with Crippen molar-refractivity contribution in [1.82, 2.24) is 14.9 Å². The summed E-state index contributed by atoms with van der Waals surface area (Å²) in [6.45, 7) is 2.13. The fraction of sp³-hybridized carbons (Fsp3) is 0.364.